The Hall–Kier alpha value is -1.20. The van der Waals surface area contributed by atoms with Gasteiger partial charge in [0, 0.05) is 13.6 Å². The van der Waals surface area contributed by atoms with Crippen molar-refractivity contribution in [2.45, 2.75) is 12.8 Å². The molecule has 0 aliphatic heterocycles. The minimum absolute atomic E-state index is 0.0412. The number of benzene rings is 1. The molecule has 0 saturated carbocycles. The number of rotatable bonds is 7. The molecule has 0 radical (unpaired) electrons. The molecule has 19 heavy (non-hydrogen) atoms. The molecular formula is C14H23F2N3. The maximum absolute atomic E-state index is 13.9. The van der Waals surface area contributed by atoms with Gasteiger partial charge in [-0.1, -0.05) is 0 Å². The third-order valence-electron chi connectivity index (χ3n) is 2.99. The van der Waals surface area contributed by atoms with E-state index < -0.39 is 11.6 Å². The van der Waals surface area contributed by atoms with Crippen LogP contribution in [0.2, 0.25) is 0 Å². The molecule has 0 heterocycles. The van der Waals surface area contributed by atoms with Crippen molar-refractivity contribution in [1.82, 2.24) is 4.90 Å². The third kappa shape index (κ3) is 4.76. The maximum atomic E-state index is 13.9. The van der Waals surface area contributed by atoms with Gasteiger partial charge in [-0.15, -0.1) is 0 Å². The number of anilines is 1. The topological polar surface area (TPSA) is 32.5 Å². The van der Waals surface area contributed by atoms with E-state index in [-0.39, 0.29) is 5.69 Å². The second-order valence-electron chi connectivity index (χ2n) is 5.03. The summed E-state index contributed by atoms with van der Waals surface area (Å²) >= 11 is 0. The maximum Gasteiger partial charge on any atom is 0.149 e. The van der Waals surface area contributed by atoms with Crippen molar-refractivity contribution in [3.05, 3.63) is 29.3 Å². The summed E-state index contributed by atoms with van der Waals surface area (Å²) in [6.07, 6.45) is 1.34. The highest BCUT2D eigenvalue weighted by molar-refractivity contribution is 5.50. The van der Waals surface area contributed by atoms with Crippen LogP contribution in [0.4, 0.5) is 14.5 Å². The van der Waals surface area contributed by atoms with Crippen molar-refractivity contribution in [1.29, 1.82) is 0 Å². The van der Waals surface area contributed by atoms with Gasteiger partial charge in [0.05, 0.1) is 0 Å². The van der Waals surface area contributed by atoms with Crippen molar-refractivity contribution in [3.8, 4) is 0 Å². The molecule has 0 aliphatic rings. The quantitative estimate of drug-likeness (QED) is 0.821. The number of hydrogen-bond acceptors (Lipinski definition) is 3. The van der Waals surface area contributed by atoms with Crippen LogP contribution in [0.3, 0.4) is 0 Å². The van der Waals surface area contributed by atoms with Crippen LogP contribution in [-0.2, 0) is 6.42 Å². The molecule has 0 bridgehead atoms. The zero-order valence-electron chi connectivity index (χ0n) is 11.9. The molecule has 0 saturated heterocycles. The lowest BCUT2D eigenvalue weighted by Gasteiger charge is -2.22. The summed E-state index contributed by atoms with van der Waals surface area (Å²) in [5, 5.41) is 0. The first-order chi connectivity index (χ1) is 8.95. The molecule has 1 rings (SSSR count). The minimum Gasteiger partial charge on any atom is -0.370 e. The summed E-state index contributed by atoms with van der Waals surface area (Å²) in [5.74, 6) is -1.04. The predicted octanol–water partition coefficient (Wildman–Crippen LogP) is 1.85. The first kappa shape index (κ1) is 15.9. The normalized spacial score (nSPS) is 11.1. The van der Waals surface area contributed by atoms with Crippen molar-refractivity contribution >= 4 is 5.69 Å². The van der Waals surface area contributed by atoms with Gasteiger partial charge in [-0.2, -0.15) is 0 Å². The molecule has 1 aromatic carbocycles. The third-order valence-corrected chi connectivity index (χ3v) is 2.99. The lowest BCUT2D eigenvalue weighted by molar-refractivity contribution is 0.401. The molecule has 108 valence electrons. The highest BCUT2D eigenvalue weighted by Crippen LogP contribution is 2.24. The van der Waals surface area contributed by atoms with Crippen LogP contribution in [0.25, 0.3) is 0 Å². The fourth-order valence-corrected chi connectivity index (χ4v) is 2.03. The van der Waals surface area contributed by atoms with E-state index >= 15 is 0 Å². The molecule has 0 atom stereocenters. The van der Waals surface area contributed by atoms with Crippen LogP contribution in [0.5, 0.6) is 0 Å². The summed E-state index contributed by atoms with van der Waals surface area (Å²) in [7, 11) is 5.66. The summed E-state index contributed by atoms with van der Waals surface area (Å²) < 4.78 is 27.9. The zero-order valence-corrected chi connectivity index (χ0v) is 11.9. The van der Waals surface area contributed by atoms with Crippen molar-refractivity contribution < 1.29 is 8.78 Å². The van der Waals surface area contributed by atoms with Crippen LogP contribution < -0.4 is 10.6 Å². The largest absolute Gasteiger partial charge is 0.370 e. The molecule has 0 amide bonds. The van der Waals surface area contributed by atoms with Gasteiger partial charge >= 0.3 is 0 Å². The van der Waals surface area contributed by atoms with Crippen LogP contribution >= 0.6 is 0 Å². The van der Waals surface area contributed by atoms with E-state index in [1.807, 2.05) is 19.0 Å². The molecule has 3 nitrogen and oxygen atoms in total. The Kier molecular flexibility index (Phi) is 6.18. The van der Waals surface area contributed by atoms with E-state index in [0.717, 1.165) is 13.0 Å². The molecule has 0 spiro atoms. The summed E-state index contributed by atoms with van der Waals surface area (Å²) in [4.78, 5) is 3.67. The smallest absolute Gasteiger partial charge is 0.149 e. The minimum atomic E-state index is -0.518. The van der Waals surface area contributed by atoms with Crippen molar-refractivity contribution in [3.63, 3.8) is 0 Å². The van der Waals surface area contributed by atoms with Crippen LogP contribution in [0.1, 0.15) is 12.0 Å². The first-order valence-corrected chi connectivity index (χ1v) is 6.49. The summed E-state index contributed by atoms with van der Waals surface area (Å²) in [5.41, 5.74) is 6.03. The van der Waals surface area contributed by atoms with E-state index in [9.17, 15) is 8.78 Å². The van der Waals surface area contributed by atoms with Crippen LogP contribution in [0, 0.1) is 11.6 Å². The molecule has 2 N–H and O–H groups in total. The van der Waals surface area contributed by atoms with Crippen molar-refractivity contribution in [2.75, 3.05) is 45.7 Å². The Balaban J connectivity index is 2.76. The predicted molar refractivity (Wildman–Crippen MR) is 75.6 cm³/mol. The lowest BCUT2D eigenvalue weighted by Crippen LogP contribution is -2.25. The molecule has 0 fully saturated rings. The lowest BCUT2D eigenvalue weighted by atomic mass is 10.1. The molecule has 5 heteroatoms. The Bertz CT molecular complexity index is 385. The van der Waals surface area contributed by atoms with Gasteiger partial charge in [-0.05, 0) is 57.7 Å². The molecular weight excluding hydrogens is 248 g/mol. The zero-order chi connectivity index (χ0) is 14.4. The average molecular weight is 271 g/mol. The van der Waals surface area contributed by atoms with Gasteiger partial charge in [-0.3, -0.25) is 0 Å². The fraction of sp³-hybridized carbons (Fsp3) is 0.571. The fourth-order valence-electron chi connectivity index (χ4n) is 2.03. The van der Waals surface area contributed by atoms with E-state index in [0.29, 0.717) is 25.1 Å². The van der Waals surface area contributed by atoms with Crippen LogP contribution in [-0.4, -0.2) is 45.7 Å². The van der Waals surface area contributed by atoms with Gasteiger partial charge in [0.2, 0.25) is 0 Å². The Morgan fingerprint density at radius 2 is 1.63 bits per heavy atom. The number of halogens is 2. The monoisotopic (exact) mass is 271 g/mol. The number of nitrogens with two attached hydrogens (primary N) is 1. The summed E-state index contributed by atoms with van der Waals surface area (Å²) in [6, 6.07) is 2.74. The van der Waals surface area contributed by atoms with E-state index in [4.69, 9.17) is 5.73 Å². The molecule has 0 aromatic heterocycles. The van der Waals surface area contributed by atoms with Gasteiger partial charge in [-0.25, -0.2) is 8.78 Å². The average Bonchev–Trinajstić information content (AvgIpc) is 2.27. The van der Waals surface area contributed by atoms with Gasteiger partial charge < -0.3 is 15.5 Å². The molecule has 1 aromatic rings. The second kappa shape index (κ2) is 7.40. The van der Waals surface area contributed by atoms with Crippen LogP contribution in [0.15, 0.2) is 12.1 Å². The molecule has 0 unspecified atom stereocenters. The summed E-state index contributed by atoms with van der Waals surface area (Å²) in [6.45, 7) is 1.89. The SMILES string of the molecule is CN(C)CCCN(C)c1c(F)cc(CCN)cc1F. The second-order valence-corrected chi connectivity index (χ2v) is 5.03. The number of nitrogens with zero attached hydrogens (tertiary/aromatic N) is 2. The van der Waals surface area contributed by atoms with Gasteiger partial charge in [0.25, 0.3) is 0 Å². The Morgan fingerprint density at radius 1 is 1.05 bits per heavy atom. The standard InChI is InChI=1S/C14H23F2N3/c1-18(2)7-4-8-19(3)14-12(15)9-11(5-6-17)10-13(14)16/h9-10H,4-8,17H2,1-3H3. The van der Waals surface area contributed by atoms with E-state index in [2.05, 4.69) is 0 Å². The highest BCUT2D eigenvalue weighted by atomic mass is 19.1. The molecule has 0 aliphatic carbocycles. The highest BCUT2D eigenvalue weighted by Gasteiger charge is 2.15. The van der Waals surface area contributed by atoms with E-state index in [1.54, 1.807) is 11.9 Å². The Labute approximate surface area is 114 Å². The van der Waals surface area contributed by atoms with E-state index in [1.165, 1.54) is 12.1 Å². The Morgan fingerprint density at radius 3 is 2.11 bits per heavy atom. The van der Waals surface area contributed by atoms with Gasteiger partial charge in [0.1, 0.15) is 17.3 Å². The first-order valence-electron chi connectivity index (χ1n) is 6.49. The van der Waals surface area contributed by atoms with Crippen molar-refractivity contribution in [2.24, 2.45) is 5.73 Å². The van der Waals surface area contributed by atoms with Gasteiger partial charge in [0.15, 0.2) is 0 Å². The number of hydrogen-bond donors (Lipinski definition) is 1.